The Bertz CT molecular complexity index is 735. The van der Waals surface area contributed by atoms with Gasteiger partial charge in [0.2, 0.25) is 0 Å². The van der Waals surface area contributed by atoms with Crippen LogP contribution in [-0.4, -0.2) is 19.4 Å². The lowest BCUT2D eigenvalue weighted by Crippen LogP contribution is -2.39. The van der Waals surface area contributed by atoms with Crippen molar-refractivity contribution in [2.45, 2.75) is 25.3 Å². The van der Waals surface area contributed by atoms with E-state index in [0.29, 0.717) is 11.5 Å². The van der Waals surface area contributed by atoms with Crippen molar-refractivity contribution in [3.05, 3.63) is 47.7 Å². The number of aromatic nitrogens is 1. The van der Waals surface area contributed by atoms with Gasteiger partial charge in [-0.25, -0.2) is 22.9 Å². The zero-order chi connectivity index (χ0) is 15.5. The molecule has 2 amide bonds. The third kappa shape index (κ3) is 3.82. The number of rotatable bonds is 4. The number of benzene rings is 1. The van der Waals surface area contributed by atoms with Crippen molar-refractivity contribution >= 4 is 16.1 Å². The molecule has 1 aromatic carbocycles. The van der Waals surface area contributed by atoms with Gasteiger partial charge in [0, 0.05) is 0 Å². The summed E-state index contributed by atoms with van der Waals surface area (Å²) in [5.41, 5.74) is 1.57. The lowest BCUT2D eigenvalue weighted by atomic mass is 10.2. The van der Waals surface area contributed by atoms with Gasteiger partial charge in [-0.2, -0.15) is 0 Å². The summed E-state index contributed by atoms with van der Waals surface area (Å²) in [7, 11) is -3.89. The molecule has 0 aliphatic carbocycles. The van der Waals surface area contributed by atoms with E-state index >= 15 is 0 Å². The average molecular weight is 309 g/mol. The molecule has 8 heteroatoms. The van der Waals surface area contributed by atoms with Gasteiger partial charge in [0.15, 0.2) is 6.39 Å². The van der Waals surface area contributed by atoms with Gasteiger partial charge in [-0.15, -0.1) is 0 Å². The van der Waals surface area contributed by atoms with Crippen molar-refractivity contribution in [2.75, 3.05) is 0 Å². The van der Waals surface area contributed by atoms with E-state index in [9.17, 15) is 13.2 Å². The minimum Gasteiger partial charge on any atom is -0.446 e. The molecule has 2 rings (SSSR count). The molecule has 1 aromatic heterocycles. The number of carbonyl (C=O) groups is 1. The Hall–Kier alpha value is -2.35. The van der Waals surface area contributed by atoms with Crippen LogP contribution in [0.2, 0.25) is 0 Å². The second kappa shape index (κ2) is 5.96. The summed E-state index contributed by atoms with van der Waals surface area (Å²) in [6.07, 6.45) is 1.26. The van der Waals surface area contributed by atoms with E-state index in [2.05, 4.69) is 10.3 Å². The highest BCUT2D eigenvalue weighted by Crippen LogP contribution is 2.09. The van der Waals surface area contributed by atoms with Gasteiger partial charge in [0.1, 0.15) is 5.76 Å². The van der Waals surface area contributed by atoms with Gasteiger partial charge in [-0.1, -0.05) is 17.7 Å². The zero-order valence-corrected chi connectivity index (χ0v) is 12.4. The van der Waals surface area contributed by atoms with E-state index in [-0.39, 0.29) is 11.4 Å². The number of amides is 2. The first-order valence-electron chi connectivity index (χ1n) is 6.15. The molecule has 1 heterocycles. The first kappa shape index (κ1) is 15.0. The number of urea groups is 1. The number of carbonyl (C=O) groups excluding carboxylic acids is 1. The summed E-state index contributed by atoms with van der Waals surface area (Å²) in [6, 6.07) is 5.36. The number of hydrogen-bond acceptors (Lipinski definition) is 5. The molecule has 0 spiro atoms. The molecule has 0 atom stereocenters. The van der Waals surface area contributed by atoms with E-state index in [4.69, 9.17) is 4.42 Å². The predicted octanol–water partition coefficient (Wildman–Crippen LogP) is 1.48. The monoisotopic (exact) mass is 309 g/mol. The maximum absolute atomic E-state index is 12.0. The second-order valence-corrected chi connectivity index (χ2v) is 6.14. The van der Waals surface area contributed by atoms with Crippen molar-refractivity contribution in [3.8, 4) is 0 Å². The molecule has 0 saturated carbocycles. The van der Waals surface area contributed by atoms with E-state index in [1.807, 2.05) is 11.6 Å². The summed E-state index contributed by atoms with van der Waals surface area (Å²) in [5, 5.41) is 2.40. The van der Waals surface area contributed by atoms with Crippen LogP contribution in [0.15, 0.2) is 40.0 Å². The minimum absolute atomic E-state index is 0.0269. The maximum Gasteiger partial charge on any atom is 0.329 e. The molecule has 7 nitrogen and oxygen atoms in total. The number of nitrogens with zero attached hydrogens (tertiary/aromatic N) is 1. The highest BCUT2D eigenvalue weighted by Gasteiger charge is 2.17. The van der Waals surface area contributed by atoms with Gasteiger partial charge < -0.3 is 9.73 Å². The van der Waals surface area contributed by atoms with Crippen molar-refractivity contribution < 1.29 is 17.6 Å². The second-order valence-electron chi connectivity index (χ2n) is 4.46. The molecule has 0 aliphatic rings. The molecule has 2 N–H and O–H groups in total. The third-order valence-corrected chi connectivity index (χ3v) is 4.16. The molecule has 0 fully saturated rings. The molecule has 0 aliphatic heterocycles. The SMILES string of the molecule is Cc1ccc(S(=O)(=O)NC(=O)NCc2ocnc2C)cc1. The normalized spacial score (nSPS) is 11.1. The zero-order valence-electron chi connectivity index (χ0n) is 11.6. The lowest BCUT2D eigenvalue weighted by Gasteiger charge is -2.08. The van der Waals surface area contributed by atoms with Crippen LogP contribution in [0.3, 0.4) is 0 Å². The maximum atomic E-state index is 12.0. The summed E-state index contributed by atoms with van der Waals surface area (Å²) >= 11 is 0. The standard InChI is InChI=1S/C13H15N3O4S/c1-9-3-5-11(6-4-9)21(18,19)16-13(17)14-7-12-10(2)15-8-20-12/h3-6,8H,7H2,1-2H3,(H2,14,16,17). The third-order valence-electron chi connectivity index (χ3n) is 2.81. The van der Waals surface area contributed by atoms with Crippen LogP contribution < -0.4 is 10.0 Å². The van der Waals surface area contributed by atoms with Gasteiger partial charge in [0.05, 0.1) is 17.1 Å². The smallest absolute Gasteiger partial charge is 0.329 e. The van der Waals surface area contributed by atoms with Crippen molar-refractivity contribution in [1.82, 2.24) is 15.0 Å². The summed E-state index contributed by atoms with van der Waals surface area (Å²) in [4.78, 5) is 15.5. The topological polar surface area (TPSA) is 101 Å². The number of nitrogens with one attached hydrogen (secondary N) is 2. The van der Waals surface area contributed by atoms with Crippen molar-refractivity contribution in [1.29, 1.82) is 0 Å². The first-order valence-corrected chi connectivity index (χ1v) is 7.63. The van der Waals surface area contributed by atoms with Crippen molar-refractivity contribution in [3.63, 3.8) is 0 Å². The molecule has 2 aromatic rings. The summed E-state index contributed by atoms with van der Waals surface area (Å²) in [6.45, 7) is 3.62. The van der Waals surface area contributed by atoms with Crippen LogP contribution in [0.1, 0.15) is 17.0 Å². The molecule has 0 radical (unpaired) electrons. The molecular weight excluding hydrogens is 294 g/mol. The van der Waals surface area contributed by atoms with Crippen LogP contribution in [-0.2, 0) is 16.6 Å². The van der Waals surface area contributed by atoms with E-state index in [1.54, 1.807) is 19.1 Å². The van der Waals surface area contributed by atoms with Gasteiger partial charge in [-0.05, 0) is 26.0 Å². The van der Waals surface area contributed by atoms with Crippen LogP contribution in [0, 0.1) is 13.8 Å². The molecule has 21 heavy (non-hydrogen) atoms. The van der Waals surface area contributed by atoms with E-state index in [1.165, 1.54) is 18.5 Å². The molecule has 112 valence electrons. The van der Waals surface area contributed by atoms with Crippen LogP contribution in [0.25, 0.3) is 0 Å². The van der Waals surface area contributed by atoms with Crippen LogP contribution in [0.4, 0.5) is 4.79 Å². The average Bonchev–Trinajstić information content (AvgIpc) is 2.82. The van der Waals surface area contributed by atoms with Crippen LogP contribution >= 0.6 is 0 Å². The quantitative estimate of drug-likeness (QED) is 0.890. The van der Waals surface area contributed by atoms with Crippen molar-refractivity contribution in [2.24, 2.45) is 0 Å². The Labute approximate surface area is 122 Å². The predicted molar refractivity (Wildman–Crippen MR) is 75.0 cm³/mol. The fourth-order valence-electron chi connectivity index (χ4n) is 1.59. The molecule has 0 saturated heterocycles. The van der Waals surface area contributed by atoms with E-state index in [0.717, 1.165) is 5.56 Å². The number of aryl methyl sites for hydroxylation is 2. The Morgan fingerprint density at radius 3 is 2.48 bits per heavy atom. The summed E-state index contributed by atoms with van der Waals surface area (Å²) in [5.74, 6) is 0.470. The summed E-state index contributed by atoms with van der Waals surface area (Å²) < 4.78 is 30.9. The highest BCUT2D eigenvalue weighted by atomic mass is 32.2. The number of oxazole rings is 1. The Morgan fingerprint density at radius 2 is 1.90 bits per heavy atom. The largest absolute Gasteiger partial charge is 0.446 e. The molecule has 0 unspecified atom stereocenters. The first-order chi connectivity index (χ1) is 9.88. The van der Waals surface area contributed by atoms with Gasteiger partial charge in [-0.3, -0.25) is 0 Å². The minimum atomic E-state index is -3.89. The fourth-order valence-corrected chi connectivity index (χ4v) is 2.52. The fraction of sp³-hybridized carbons (Fsp3) is 0.231. The number of hydrogen-bond donors (Lipinski definition) is 2. The highest BCUT2D eigenvalue weighted by molar-refractivity contribution is 7.90. The van der Waals surface area contributed by atoms with Gasteiger partial charge in [0.25, 0.3) is 10.0 Å². The Balaban J connectivity index is 1.98. The Kier molecular flexibility index (Phi) is 4.27. The molecule has 0 bridgehead atoms. The number of sulfonamides is 1. The van der Waals surface area contributed by atoms with Crippen LogP contribution in [0.5, 0.6) is 0 Å². The molecular formula is C13H15N3O4S. The van der Waals surface area contributed by atoms with E-state index < -0.39 is 16.1 Å². The Morgan fingerprint density at radius 1 is 1.24 bits per heavy atom. The van der Waals surface area contributed by atoms with Gasteiger partial charge >= 0.3 is 6.03 Å². The lowest BCUT2D eigenvalue weighted by molar-refractivity contribution is 0.244.